The Balaban J connectivity index is 3.11. The molecule has 0 aromatic heterocycles. The monoisotopic (exact) mass is 333 g/mol. The normalized spacial score (nSPS) is 11.2. The van der Waals surface area contributed by atoms with Crippen LogP contribution in [0.1, 0.15) is 24.2 Å². The third-order valence-corrected chi connectivity index (χ3v) is 3.72. The molecule has 1 rings (SSSR count). The van der Waals surface area contributed by atoms with Gasteiger partial charge in [-0.15, -0.1) is 0 Å². The van der Waals surface area contributed by atoms with Crippen LogP contribution in [-0.2, 0) is 4.79 Å². The molecule has 0 unspecified atom stereocenters. The molecule has 0 saturated heterocycles. The number of likely N-dealkylation sites (N-methyl/N-ethyl adjacent to an activating group) is 1. The van der Waals surface area contributed by atoms with Crippen molar-refractivity contribution >= 4 is 39.4 Å². The van der Waals surface area contributed by atoms with Crippen LogP contribution in [0.2, 0.25) is 5.02 Å². The fourth-order valence-electron chi connectivity index (χ4n) is 1.24. The average Bonchev–Trinajstić information content (AvgIpc) is 2.26. The molecule has 0 heterocycles. The van der Waals surface area contributed by atoms with Gasteiger partial charge in [0.25, 0.3) is 5.91 Å². The smallest absolute Gasteiger partial charge is 0.329 e. The third kappa shape index (κ3) is 2.84. The van der Waals surface area contributed by atoms with Crippen molar-refractivity contribution in [2.45, 2.75) is 19.4 Å². The summed E-state index contributed by atoms with van der Waals surface area (Å²) >= 11 is 9.03. The van der Waals surface area contributed by atoms with Crippen LogP contribution in [0, 0.1) is 0 Å². The van der Waals surface area contributed by atoms with Gasteiger partial charge in [-0.3, -0.25) is 4.79 Å². The summed E-state index contributed by atoms with van der Waals surface area (Å²) in [5, 5.41) is 9.59. The minimum Gasteiger partial charge on any atom is -0.480 e. The van der Waals surface area contributed by atoms with E-state index in [4.69, 9.17) is 16.7 Å². The fraction of sp³-hybridized carbons (Fsp3) is 0.333. The van der Waals surface area contributed by atoms with Crippen molar-refractivity contribution in [3.63, 3.8) is 0 Å². The van der Waals surface area contributed by atoms with Crippen LogP contribution in [0.4, 0.5) is 0 Å². The maximum atomic E-state index is 12.2. The Labute approximate surface area is 119 Å². The van der Waals surface area contributed by atoms with Crippen LogP contribution >= 0.6 is 27.5 Å². The largest absolute Gasteiger partial charge is 0.480 e. The van der Waals surface area contributed by atoms with Gasteiger partial charge in [0.05, 0.1) is 5.56 Å². The molecule has 0 aliphatic carbocycles. The minimum absolute atomic E-state index is 0.372. The van der Waals surface area contributed by atoms with Gasteiger partial charge in [0.15, 0.2) is 0 Å². The number of carboxylic acid groups (broad SMARTS) is 1. The molecule has 0 fully saturated rings. The second-order valence-corrected chi connectivity index (χ2v) is 5.64. The predicted octanol–water partition coefficient (Wildman–Crippen LogP) is 3.04. The van der Waals surface area contributed by atoms with Gasteiger partial charge in [0.2, 0.25) is 0 Å². The van der Waals surface area contributed by atoms with Crippen molar-refractivity contribution in [1.82, 2.24) is 4.90 Å². The van der Waals surface area contributed by atoms with Crippen molar-refractivity contribution in [3.05, 3.63) is 33.3 Å². The number of carbonyl (C=O) groups excluding carboxylic acids is 1. The van der Waals surface area contributed by atoms with Crippen molar-refractivity contribution in [1.29, 1.82) is 0 Å². The van der Waals surface area contributed by atoms with E-state index in [1.54, 1.807) is 18.2 Å². The maximum absolute atomic E-state index is 12.2. The first-order valence-electron chi connectivity index (χ1n) is 5.14. The Bertz CT molecular complexity index is 502. The van der Waals surface area contributed by atoms with E-state index in [0.717, 1.165) is 0 Å². The lowest BCUT2D eigenvalue weighted by atomic mass is 10.0. The average molecular weight is 335 g/mol. The molecule has 1 N–H and O–H groups in total. The Morgan fingerprint density at radius 1 is 1.39 bits per heavy atom. The summed E-state index contributed by atoms with van der Waals surface area (Å²) in [6.45, 7) is 2.94. The van der Waals surface area contributed by atoms with Crippen molar-refractivity contribution in [2.75, 3.05) is 7.05 Å². The van der Waals surface area contributed by atoms with Gasteiger partial charge < -0.3 is 10.0 Å². The second kappa shape index (κ2) is 5.28. The summed E-state index contributed by atoms with van der Waals surface area (Å²) in [4.78, 5) is 24.5. The molecule has 0 saturated carbocycles. The number of hydrogen-bond acceptors (Lipinski definition) is 2. The zero-order chi connectivity index (χ0) is 14.1. The lowest BCUT2D eigenvalue weighted by Gasteiger charge is -2.31. The number of carbonyl (C=O) groups is 2. The van der Waals surface area contributed by atoms with Crippen LogP contribution in [0.5, 0.6) is 0 Å². The van der Waals surface area contributed by atoms with Gasteiger partial charge >= 0.3 is 5.97 Å². The molecule has 0 aliphatic heterocycles. The number of carboxylic acids is 1. The lowest BCUT2D eigenvalue weighted by Crippen LogP contribution is -2.50. The first-order valence-corrected chi connectivity index (χ1v) is 6.31. The molecular formula is C12H13BrClNO3. The summed E-state index contributed by atoms with van der Waals surface area (Å²) in [6.07, 6.45) is 0. The number of benzene rings is 1. The molecule has 1 aromatic rings. The van der Waals surface area contributed by atoms with Gasteiger partial charge in [-0.2, -0.15) is 0 Å². The van der Waals surface area contributed by atoms with Gasteiger partial charge in [-0.1, -0.05) is 11.6 Å². The van der Waals surface area contributed by atoms with Crippen LogP contribution in [0.25, 0.3) is 0 Å². The van der Waals surface area contributed by atoms with Gasteiger partial charge in [-0.05, 0) is 48.0 Å². The molecule has 4 nitrogen and oxygen atoms in total. The van der Waals surface area contributed by atoms with Gasteiger partial charge in [-0.25, -0.2) is 4.79 Å². The zero-order valence-corrected chi connectivity index (χ0v) is 12.5. The summed E-state index contributed by atoms with van der Waals surface area (Å²) in [6, 6.07) is 4.74. The number of rotatable bonds is 3. The molecule has 0 atom stereocenters. The summed E-state index contributed by atoms with van der Waals surface area (Å²) in [5.41, 5.74) is -0.910. The Morgan fingerprint density at radius 3 is 2.39 bits per heavy atom. The minimum atomic E-state index is -1.28. The summed E-state index contributed by atoms with van der Waals surface area (Å²) < 4.78 is 0.535. The van der Waals surface area contributed by atoms with Crippen molar-refractivity contribution in [3.8, 4) is 0 Å². The predicted molar refractivity (Wildman–Crippen MR) is 73.0 cm³/mol. The van der Waals surface area contributed by atoms with E-state index < -0.39 is 11.5 Å². The number of halogens is 2. The number of aliphatic carboxylic acids is 1. The van der Waals surface area contributed by atoms with Crippen molar-refractivity contribution < 1.29 is 14.7 Å². The highest BCUT2D eigenvalue weighted by atomic mass is 79.9. The molecule has 98 valence electrons. The highest BCUT2D eigenvalue weighted by molar-refractivity contribution is 9.10. The molecule has 0 spiro atoms. The van der Waals surface area contributed by atoms with E-state index in [-0.39, 0.29) is 5.91 Å². The first-order chi connectivity index (χ1) is 8.17. The topological polar surface area (TPSA) is 57.6 Å². The summed E-state index contributed by atoms with van der Waals surface area (Å²) in [7, 11) is 1.46. The van der Waals surface area contributed by atoms with Crippen LogP contribution in [-0.4, -0.2) is 34.5 Å². The van der Waals surface area contributed by atoms with E-state index in [0.29, 0.717) is 15.1 Å². The second-order valence-electron chi connectivity index (χ2n) is 4.35. The quantitative estimate of drug-likeness (QED) is 0.924. The Hall–Kier alpha value is -1.07. The maximum Gasteiger partial charge on any atom is 0.329 e. The molecule has 18 heavy (non-hydrogen) atoms. The Kier molecular flexibility index (Phi) is 4.40. The molecule has 0 bridgehead atoms. The summed E-state index contributed by atoms with van der Waals surface area (Å²) in [5.74, 6) is -1.45. The highest BCUT2D eigenvalue weighted by Gasteiger charge is 2.36. The molecule has 1 amide bonds. The third-order valence-electron chi connectivity index (χ3n) is 2.83. The van der Waals surface area contributed by atoms with E-state index in [1.165, 1.54) is 25.8 Å². The van der Waals surface area contributed by atoms with E-state index >= 15 is 0 Å². The Morgan fingerprint density at radius 2 is 1.94 bits per heavy atom. The van der Waals surface area contributed by atoms with Crippen LogP contribution in [0.3, 0.4) is 0 Å². The number of nitrogens with zero attached hydrogens (tertiary/aromatic N) is 1. The van der Waals surface area contributed by atoms with Crippen LogP contribution in [0.15, 0.2) is 22.7 Å². The molecular weight excluding hydrogens is 321 g/mol. The van der Waals surface area contributed by atoms with Crippen molar-refractivity contribution in [2.24, 2.45) is 0 Å². The number of hydrogen-bond donors (Lipinski definition) is 1. The zero-order valence-electron chi connectivity index (χ0n) is 10.2. The molecule has 1 aromatic carbocycles. The standard InChI is InChI=1S/C12H13BrClNO3/c1-12(2,11(17)18)15(3)10(16)8-5-4-7(14)6-9(8)13/h4-6H,1-3H3,(H,17,18). The highest BCUT2D eigenvalue weighted by Crippen LogP contribution is 2.25. The molecule has 0 aliphatic rings. The van der Waals surface area contributed by atoms with Crippen LogP contribution < -0.4 is 0 Å². The number of amides is 1. The fourth-order valence-corrected chi connectivity index (χ4v) is 2.09. The van der Waals surface area contributed by atoms with Gasteiger partial charge in [0, 0.05) is 16.5 Å². The van der Waals surface area contributed by atoms with E-state index in [9.17, 15) is 9.59 Å². The first kappa shape index (κ1) is 15.0. The molecule has 0 radical (unpaired) electrons. The van der Waals surface area contributed by atoms with E-state index in [1.807, 2.05) is 0 Å². The lowest BCUT2D eigenvalue weighted by molar-refractivity contribution is -0.147. The van der Waals surface area contributed by atoms with E-state index in [2.05, 4.69) is 15.9 Å². The SMILES string of the molecule is CN(C(=O)c1ccc(Cl)cc1Br)C(C)(C)C(=O)O. The molecule has 6 heteroatoms. The van der Waals surface area contributed by atoms with Gasteiger partial charge in [0.1, 0.15) is 5.54 Å².